The molecule has 2 amide bonds. The van der Waals surface area contributed by atoms with Crippen molar-refractivity contribution < 1.29 is 14.3 Å². The molecule has 1 fully saturated rings. The van der Waals surface area contributed by atoms with Gasteiger partial charge in [0.2, 0.25) is 5.91 Å². The molecule has 2 aromatic rings. The summed E-state index contributed by atoms with van der Waals surface area (Å²) in [4.78, 5) is 24.6. The summed E-state index contributed by atoms with van der Waals surface area (Å²) >= 11 is 0. The Labute approximate surface area is 128 Å². The summed E-state index contributed by atoms with van der Waals surface area (Å²) in [5.41, 5.74) is 0.446. The largest absolute Gasteiger partial charge is 0.497 e. The summed E-state index contributed by atoms with van der Waals surface area (Å²) < 4.78 is 5.24. The summed E-state index contributed by atoms with van der Waals surface area (Å²) in [6.45, 7) is 0.814. The molecule has 0 saturated carbocycles. The van der Waals surface area contributed by atoms with Crippen molar-refractivity contribution >= 4 is 22.6 Å². The first-order chi connectivity index (χ1) is 10.7. The topological polar surface area (TPSA) is 67.4 Å². The minimum atomic E-state index is -0.395. The van der Waals surface area contributed by atoms with E-state index in [2.05, 4.69) is 10.6 Å². The van der Waals surface area contributed by atoms with Gasteiger partial charge in [0.25, 0.3) is 5.91 Å². The van der Waals surface area contributed by atoms with Gasteiger partial charge < -0.3 is 10.1 Å². The van der Waals surface area contributed by atoms with Crippen LogP contribution in [0.25, 0.3) is 10.8 Å². The van der Waals surface area contributed by atoms with Gasteiger partial charge in [-0.1, -0.05) is 24.3 Å². The van der Waals surface area contributed by atoms with E-state index < -0.39 is 5.91 Å². The third kappa shape index (κ3) is 2.80. The lowest BCUT2D eigenvalue weighted by molar-refractivity contribution is -0.121. The molecule has 22 heavy (non-hydrogen) atoms. The highest BCUT2D eigenvalue weighted by atomic mass is 16.5. The molecule has 0 spiro atoms. The Morgan fingerprint density at radius 1 is 1.27 bits per heavy atom. The minimum Gasteiger partial charge on any atom is -0.497 e. The van der Waals surface area contributed by atoms with E-state index in [0.717, 1.165) is 30.2 Å². The fraction of sp³-hybridized carbons (Fsp3) is 0.294. The molecule has 5 heteroatoms. The lowest BCUT2D eigenvalue weighted by atomic mass is 10.0. The smallest absolute Gasteiger partial charge is 0.258 e. The molecular formula is C17H18N2O3. The molecule has 0 radical (unpaired) electrons. The van der Waals surface area contributed by atoms with E-state index >= 15 is 0 Å². The van der Waals surface area contributed by atoms with Gasteiger partial charge in [0.05, 0.1) is 18.7 Å². The molecule has 1 heterocycles. The summed E-state index contributed by atoms with van der Waals surface area (Å²) in [5.74, 6) is -0.0708. The Hall–Kier alpha value is -2.40. The van der Waals surface area contributed by atoms with Gasteiger partial charge in [0.15, 0.2) is 0 Å². The van der Waals surface area contributed by atoms with Crippen molar-refractivity contribution in [3.8, 4) is 5.75 Å². The molecule has 2 aromatic carbocycles. The molecule has 0 aliphatic carbocycles. The Morgan fingerprint density at radius 3 is 2.82 bits per heavy atom. The van der Waals surface area contributed by atoms with Crippen molar-refractivity contribution in [1.29, 1.82) is 0 Å². The average molecular weight is 298 g/mol. The van der Waals surface area contributed by atoms with Gasteiger partial charge in [-0.05, 0) is 42.3 Å². The molecule has 1 aliphatic rings. The predicted octanol–water partition coefficient (Wildman–Crippen LogP) is 1.86. The highest BCUT2D eigenvalue weighted by Crippen LogP contribution is 2.25. The van der Waals surface area contributed by atoms with Crippen LogP contribution in [0.15, 0.2) is 36.4 Å². The summed E-state index contributed by atoms with van der Waals surface area (Å²) in [5, 5.41) is 7.27. The number of hydrogen-bond donors (Lipinski definition) is 2. The van der Waals surface area contributed by atoms with Crippen LogP contribution < -0.4 is 15.4 Å². The number of imide groups is 1. The van der Waals surface area contributed by atoms with Gasteiger partial charge in [0, 0.05) is 0 Å². The van der Waals surface area contributed by atoms with E-state index in [1.54, 1.807) is 13.2 Å². The number of carbonyl (C=O) groups excluding carboxylic acids is 2. The Kier molecular flexibility index (Phi) is 4.06. The fourth-order valence-corrected chi connectivity index (χ4v) is 2.76. The first-order valence-corrected chi connectivity index (χ1v) is 7.34. The van der Waals surface area contributed by atoms with Crippen molar-refractivity contribution in [3.63, 3.8) is 0 Å². The minimum absolute atomic E-state index is 0.269. The quantitative estimate of drug-likeness (QED) is 0.849. The van der Waals surface area contributed by atoms with Crippen LogP contribution in [-0.4, -0.2) is 31.5 Å². The number of fused-ring (bicyclic) bond motifs is 1. The number of rotatable bonds is 3. The average Bonchev–Trinajstić information content (AvgIpc) is 3.08. The number of methoxy groups -OCH3 is 1. The van der Waals surface area contributed by atoms with E-state index in [0.29, 0.717) is 11.3 Å². The lowest BCUT2D eigenvalue weighted by Crippen LogP contribution is -2.43. The second kappa shape index (κ2) is 6.15. The maximum absolute atomic E-state index is 12.5. The van der Waals surface area contributed by atoms with Crippen LogP contribution in [0.1, 0.15) is 23.2 Å². The lowest BCUT2D eigenvalue weighted by Gasteiger charge is -2.12. The van der Waals surface area contributed by atoms with E-state index in [4.69, 9.17) is 4.74 Å². The second-order valence-corrected chi connectivity index (χ2v) is 5.36. The molecule has 2 N–H and O–H groups in total. The number of ether oxygens (including phenoxy) is 1. The highest BCUT2D eigenvalue weighted by Gasteiger charge is 2.24. The monoisotopic (exact) mass is 298 g/mol. The van der Waals surface area contributed by atoms with Gasteiger partial charge in [0.1, 0.15) is 5.75 Å². The van der Waals surface area contributed by atoms with Crippen molar-refractivity contribution in [2.24, 2.45) is 0 Å². The molecule has 1 saturated heterocycles. The van der Waals surface area contributed by atoms with Crippen LogP contribution >= 0.6 is 0 Å². The fourth-order valence-electron chi connectivity index (χ4n) is 2.76. The number of hydrogen-bond acceptors (Lipinski definition) is 4. The van der Waals surface area contributed by atoms with Crippen molar-refractivity contribution in [3.05, 3.63) is 42.0 Å². The maximum Gasteiger partial charge on any atom is 0.258 e. The summed E-state index contributed by atoms with van der Waals surface area (Å²) in [6, 6.07) is 10.8. The van der Waals surface area contributed by atoms with Gasteiger partial charge in [-0.15, -0.1) is 0 Å². The van der Waals surface area contributed by atoms with E-state index in [-0.39, 0.29) is 11.9 Å². The van der Waals surface area contributed by atoms with Crippen LogP contribution in [0, 0.1) is 0 Å². The Bertz CT molecular complexity index is 721. The Balaban J connectivity index is 1.91. The number of carbonyl (C=O) groups is 2. The zero-order valence-electron chi connectivity index (χ0n) is 12.4. The SMILES string of the molecule is COc1cc(C(=O)NC(=O)[C@@H]2CCCN2)c2ccccc2c1. The summed E-state index contributed by atoms with van der Waals surface area (Å²) in [6.07, 6.45) is 1.71. The maximum atomic E-state index is 12.5. The predicted molar refractivity (Wildman–Crippen MR) is 84.0 cm³/mol. The Morgan fingerprint density at radius 2 is 2.09 bits per heavy atom. The molecule has 5 nitrogen and oxygen atoms in total. The first-order valence-electron chi connectivity index (χ1n) is 7.34. The van der Waals surface area contributed by atoms with E-state index in [1.165, 1.54) is 0 Å². The zero-order valence-corrected chi connectivity index (χ0v) is 12.4. The number of nitrogens with one attached hydrogen (secondary N) is 2. The summed E-state index contributed by atoms with van der Waals surface area (Å²) in [7, 11) is 1.55. The van der Waals surface area contributed by atoms with Crippen molar-refractivity contribution in [1.82, 2.24) is 10.6 Å². The van der Waals surface area contributed by atoms with Crippen LogP contribution in [0.4, 0.5) is 0 Å². The molecule has 0 aromatic heterocycles. The number of benzene rings is 2. The molecular weight excluding hydrogens is 280 g/mol. The zero-order chi connectivity index (χ0) is 15.5. The van der Waals surface area contributed by atoms with Crippen molar-refractivity contribution in [2.45, 2.75) is 18.9 Å². The van der Waals surface area contributed by atoms with Crippen LogP contribution in [-0.2, 0) is 4.79 Å². The van der Waals surface area contributed by atoms with Crippen LogP contribution in [0.5, 0.6) is 5.75 Å². The van der Waals surface area contributed by atoms with Gasteiger partial charge in [-0.3, -0.25) is 14.9 Å². The molecule has 114 valence electrons. The molecule has 1 atom stereocenters. The third-order valence-corrected chi connectivity index (χ3v) is 3.93. The first kappa shape index (κ1) is 14.5. The van der Waals surface area contributed by atoms with Gasteiger partial charge in [-0.25, -0.2) is 0 Å². The van der Waals surface area contributed by atoms with Crippen molar-refractivity contribution in [2.75, 3.05) is 13.7 Å². The van der Waals surface area contributed by atoms with Gasteiger partial charge in [-0.2, -0.15) is 0 Å². The number of amides is 2. The molecule has 0 unspecified atom stereocenters. The highest BCUT2D eigenvalue weighted by molar-refractivity contribution is 6.13. The standard InChI is InChI=1S/C17H18N2O3/c1-22-12-9-11-5-2-3-6-13(11)14(10-12)16(20)19-17(21)15-7-4-8-18-15/h2-3,5-6,9-10,15,18H,4,7-8H2,1H3,(H,19,20,21)/t15-/m0/s1. The normalized spacial score (nSPS) is 17.4. The van der Waals surface area contributed by atoms with Crippen LogP contribution in [0.2, 0.25) is 0 Å². The molecule has 0 bridgehead atoms. The third-order valence-electron chi connectivity index (χ3n) is 3.93. The van der Waals surface area contributed by atoms with Gasteiger partial charge >= 0.3 is 0 Å². The van der Waals surface area contributed by atoms with Crippen LogP contribution in [0.3, 0.4) is 0 Å². The molecule has 3 rings (SSSR count). The van der Waals surface area contributed by atoms with E-state index in [1.807, 2.05) is 30.3 Å². The second-order valence-electron chi connectivity index (χ2n) is 5.36. The van der Waals surface area contributed by atoms with E-state index in [9.17, 15) is 9.59 Å². The molecule has 1 aliphatic heterocycles.